The summed E-state index contributed by atoms with van der Waals surface area (Å²) >= 11 is 0. The van der Waals surface area contributed by atoms with Crippen molar-refractivity contribution in [3.63, 3.8) is 0 Å². The third-order valence-electron chi connectivity index (χ3n) is 3.49. The average molecular weight is 221 g/mol. The Hall–Kier alpha value is -0.805. The van der Waals surface area contributed by atoms with E-state index >= 15 is 0 Å². The molecular weight excluding hydrogens is 201 g/mol. The zero-order valence-corrected chi connectivity index (χ0v) is 10.1. The van der Waals surface area contributed by atoms with Gasteiger partial charge in [-0.25, -0.2) is 4.98 Å². The predicted molar refractivity (Wildman–Crippen MR) is 65.0 cm³/mol. The smallest absolute Gasteiger partial charge is 0.376 e. The monoisotopic (exact) mass is 221 g/mol. The molecule has 16 heavy (non-hydrogen) atoms. The Morgan fingerprint density at radius 3 is 3.06 bits per heavy atom. The fourth-order valence-corrected chi connectivity index (χ4v) is 2.48. The number of rotatable bonds is 3. The molecule has 0 aromatic carbocycles. The summed E-state index contributed by atoms with van der Waals surface area (Å²) in [5, 5.41) is 9.58. The number of hydrogen-bond donors (Lipinski definition) is 1. The van der Waals surface area contributed by atoms with E-state index in [0.29, 0.717) is 5.92 Å². The normalized spacial score (nSPS) is 22.3. The van der Waals surface area contributed by atoms with Gasteiger partial charge < -0.3 is 14.4 Å². The summed E-state index contributed by atoms with van der Waals surface area (Å²) in [6.45, 7) is 3.88. The highest BCUT2D eigenvalue weighted by Gasteiger charge is 2.25. The Morgan fingerprint density at radius 1 is 1.62 bits per heavy atom. The van der Waals surface area contributed by atoms with Crippen LogP contribution in [0.4, 0.5) is 0 Å². The highest BCUT2D eigenvalue weighted by molar-refractivity contribution is 6.45. The van der Waals surface area contributed by atoms with Crippen LogP contribution in [-0.4, -0.2) is 39.5 Å². The molecule has 0 amide bonds. The van der Waals surface area contributed by atoms with Crippen molar-refractivity contribution in [2.45, 2.75) is 26.1 Å². The number of aryl methyl sites for hydroxylation is 1. The van der Waals surface area contributed by atoms with Crippen molar-refractivity contribution in [3.8, 4) is 0 Å². The van der Waals surface area contributed by atoms with Gasteiger partial charge in [-0.3, -0.25) is 0 Å². The molecule has 1 saturated heterocycles. The molecular formula is C11H20BN3O. The average Bonchev–Trinajstić information content (AvgIpc) is 2.65. The third kappa shape index (κ3) is 2.65. The second-order valence-electron chi connectivity index (χ2n) is 4.84. The van der Waals surface area contributed by atoms with Gasteiger partial charge in [-0.05, 0) is 45.1 Å². The lowest BCUT2D eigenvalue weighted by atomic mass is 9.80. The molecule has 0 aliphatic carbocycles. The maximum absolute atomic E-state index is 9.58. The minimum absolute atomic E-state index is 0.311. The molecule has 5 heteroatoms. The van der Waals surface area contributed by atoms with E-state index in [1.54, 1.807) is 0 Å². The molecule has 2 rings (SSSR count). The van der Waals surface area contributed by atoms with Crippen LogP contribution >= 0.6 is 0 Å². The number of nitrogens with zero attached hydrogens (tertiary/aromatic N) is 3. The van der Waals surface area contributed by atoms with Crippen LogP contribution in [0.2, 0.25) is 6.82 Å². The standard InChI is InChI=1S/C11H20BN3O/c1-12(16)15-5-3-4-10(8-15)6-11-7-13-9-14(11)2/h7,9-10,16H,3-6,8H2,1-2H3. The van der Waals surface area contributed by atoms with E-state index in [2.05, 4.69) is 14.4 Å². The molecule has 88 valence electrons. The fraction of sp³-hybridized carbons (Fsp3) is 0.727. The quantitative estimate of drug-likeness (QED) is 0.767. The molecule has 0 bridgehead atoms. The topological polar surface area (TPSA) is 41.3 Å². The Bertz CT molecular complexity index is 340. The van der Waals surface area contributed by atoms with Gasteiger partial charge in [0.2, 0.25) is 0 Å². The number of imidazole rings is 1. The van der Waals surface area contributed by atoms with Gasteiger partial charge in [0.05, 0.1) is 6.33 Å². The zero-order valence-electron chi connectivity index (χ0n) is 10.1. The van der Waals surface area contributed by atoms with Crippen molar-refractivity contribution in [2.75, 3.05) is 13.1 Å². The van der Waals surface area contributed by atoms with Crippen LogP contribution in [0.15, 0.2) is 12.5 Å². The summed E-state index contributed by atoms with van der Waals surface area (Å²) in [5.41, 5.74) is 1.29. The molecule has 1 aromatic rings. The summed E-state index contributed by atoms with van der Waals surface area (Å²) in [6, 6.07) is 0. The van der Waals surface area contributed by atoms with Gasteiger partial charge in [0.15, 0.2) is 0 Å². The number of aromatic nitrogens is 2. The van der Waals surface area contributed by atoms with Crippen molar-refractivity contribution in [3.05, 3.63) is 18.2 Å². The summed E-state index contributed by atoms with van der Waals surface area (Å²) in [6.07, 6.45) is 7.31. The summed E-state index contributed by atoms with van der Waals surface area (Å²) in [7, 11) is 1.73. The summed E-state index contributed by atoms with van der Waals surface area (Å²) in [4.78, 5) is 6.30. The van der Waals surface area contributed by atoms with E-state index in [0.717, 1.165) is 19.5 Å². The van der Waals surface area contributed by atoms with Gasteiger partial charge in [-0.15, -0.1) is 0 Å². The van der Waals surface area contributed by atoms with Gasteiger partial charge in [0.1, 0.15) is 0 Å². The van der Waals surface area contributed by atoms with E-state index in [4.69, 9.17) is 0 Å². The minimum Gasteiger partial charge on any atom is -0.437 e. The Kier molecular flexibility index (Phi) is 3.66. The van der Waals surface area contributed by atoms with E-state index < -0.39 is 0 Å². The highest BCUT2D eigenvalue weighted by atomic mass is 16.2. The second-order valence-corrected chi connectivity index (χ2v) is 4.84. The van der Waals surface area contributed by atoms with Crippen molar-refractivity contribution in [1.29, 1.82) is 0 Å². The molecule has 1 N–H and O–H groups in total. The van der Waals surface area contributed by atoms with Crippen molar-refractivity contribution < 1.29 is 5.02 Å². The molecule has 2 heterocycles. The Labute approximate surface area is 97.4 Å². The molecule has 0 radical (unpaired) electrons. The van der Waals surface area contributed by atoms with Gasteiger partial charge >= 0.3 is 7.05 Å². The van der Waals surface area contributed by atoms with Crippen molar-refractivity contribution in [2.24, 2.45) is 13.0 Å². The zero-order chi connectivity index (χ0) is 11.5. The van der Waals surface area contributed by atoms with Gasteiger partial charge in [-0.2, -0.15) is 0 Å². The van der Waals surface area contributed by atoms with Crippen LogP contribution in [0, 0.1) is 5.92 Å². The molecule has 0 spiro atoms. The van der Waals surface area contributed by atoms with E-state index in [1.807, 2.05) is 26.4 Å². The minimum atomic E-state index is -0.311. The maximum Gasteiger partial charge on any atom is 0.376 e. The first-order valence-corrected chi connectivity index (χ1v) is 6.04. The van der Waals surface area contributed by atoms with Gasteiger partial charge in [0.25, 0.3) is 0 Å². The first kappa shape index (κ1) is 11.7. The van der Waals surface area contributed by atoms with Crippen molar-refractivity contribution >= 4 is 7.05 Å². The largest absolute Gasteiger partial charge is 0.437 e. The van der Waals surface area contributed by atoms with Crippen molar-refractivity contribution in [1.82, 2.24) is 14.4 Å². The van der Waals surface area contributed by atoms with E-state index in [1.165, 1.54) is 18.5 Å². The molecule has 1 fully saturated rings. The Morgan fingerprint density at radius 2 is 2.44 bits per heavy atom. The van der Waals surface area contributed by atoms with Crippen LogP contribution in [0.5, 0.6) is 0 Å². The van der Waals surface area contributed by atoms with Gasteiger partial charge in [0, 0.05) is 18.9 Å². The second kappa shape index (κ2) is 5.02. The highest BCUT2D eigenvalue weighted by Crippen LogP contribution is 2.20. The molecule has 1 unspecified atom stereocenters. The predicted octanol–water partition coefficient (Wildman–Crippen LogP) is 0.785. The van der Waals surface area contributed by atoms with Gasteiger partial charge in [-0.1, -0.05) is 0 Å². The molecule has 1 aromatic heterocycles. The van der Waals surface area contributed by atoms with E-state index in [9.17, 15) is 5.02 Å². The molecule has 1 atom stereocenters. The molecule has 4 nitrogen and oxygen atoms in total. The first-order chi connectivity index (χ1) is 7.66. The van der Waals surface area contributed by atoms with Crippen LogP contribution in [0.25, 0.3) is 0 Å². The fourth-order valence-electron chi connectivity index (χ4n) is 2.48. The Balaban J connectivity index is 1.93. The first-order valence-electron chi connectivity index (χ1n) is 6.04. The summed E-state index contributed by atoms with van der Waals surface area (Å²) < 4.78 is 2.08. The summed E-state index contributed by atoms with van der Waals surface area (Å²) in [5.74, 6) is 0.652. The number of hydrogen-bond acceptors (Lipinski definition) is 3. The lowest BCUT2D eigenvalue weighted by Crippen LogP contribution is -2.44. The lowest BCUT2D eigenvalue weighted by Gasteiger charge is -2.33. The molecule has 1 aliphatic heterocycles. The van der Waals surface area contributed by atoms with E-state index in [-0.39, 0.29) is 7.05 Å². The van der Waals surface area contributed by atoms with Crippen LogP contribution in [0.1, 0.15) is 18.5 Å². The van der Waals surface area contributed by atoms with Crippen LogP contribution < -0.4 is 0 Å². The lowest BCUT2D eigenvalue weighted by molar-refractivity contribution is 0.240. The SMILES string of the molecule is CB(O)N1CCCC(Cc2cncn2C)C1. The number of piperidine rings is 1. The third-order valence-corrected chi connectivity index (χ3v) is 3.49. The molecule has 1 aliphatic rings. The molecule has 0 saturated carbocycles. The maximum atomic E-state index is 9.58. The van der Waals surface area contributed by atoms with Crippen LogP contribution in [-0.2, 0) is 13.5 Å². The van der Waals surface area contributed by atoms with Crippen LogP contribution in [0.3, 0.4) is 0 Å².